The molecule has 3 nitrogen and oxygen atoms in total. The highest BCUT2D eigenvalue weighted by Crippen LogP contribution is 2.21. The Morgan fingerprint density at radius 2 is 1.95 bits per heavy atom. The van der Waals surface area contributed by atoms with Crippen LogP contribution in [0.25, 0.3) is 0 Å². The number of aryl methyl sites for hydroxylation is 2. The van der Waals surface area contributed by atoms with Gasteiger partial charge in [0.05, 0.1) is 6.04 Å². The third-order valence-corrected chi connectivity index (χ3v) is 3.36. The van der Waals surface area contributed by atoms with Gasteiger partial charge in [0.15, 0.2) is 0 Å². The molecule has 2 rings (SSSR count). The second-order valence-corrected chi connectivity index (χ2v) is 4.87. The van der Waals surface area contributed by atoms with Crippen molar-refractivity contribution in [3.05, 3.63) is 53.6 Å². The van der Waals surface area contributed by atoms with Crippen LogP contribution in [0.3, 0.4) is 0 Å². The van der Waals surface area contributed by atoms with Crippen LogP contribution >= 0.6 is 0 Å². The number of hydrogen-bond donors (Lipinski definition) is 1. The van der Waals surface area contributed by atoms with Crippen molar-refractivity contribution in [1.29, 1.82) is 0 Å². The summed E-state index contributed by atoms with van der Waals surface area (Å²) in [5, 5.41) is 3.60. The molecule has 1 unspecified atom stereocenters. The third-order valence-electron chi connectivity index (χ3n) is 3.36. The van der Waals surface area contributed by atoms with Crippen LogP contribution < -0.4 is 5.32 Å². The van der Waals surface area contributed by atoms with Crippen LogP contribution in [0.4, 0.5) is 0 Å². The lowest BCUT2D eigenvalue weighted by atomic mass is 10.0. The molecule has 0 amide bonds. The minimum atomic E-state index is 0.176. The standard InChI is InChI=1S/C16H23N3/c1-4-10-17-15(14-8-6-13(3)7-9-14)16-18-11-12-19(16)5-2/h6-9,11-12,15,17H,4-5,10H2,1-3H3. The molecule has 1 N–H and O–H groups in total. The predicted octanol–water partition coefficient (Wildman–Crippen LogP) is 3.30. The first-order valence-corrected chi connectivity index (χ1v) is 7.07. The fraction of sp³-hybridized carbons (Fsp3) is 0.438. The first-order chi connectivity index (χ1) is 9.26. The van der Waals surface area contributed by atoms with Crippen LogP contribution in [0.2, 0.25) is 0 Å². The fourth-order valence-electron chi connectivity index (χ4n) is 2.25. The van der Waals surface area contributed by atoms with Gasteiger partial charge in [-0.1, -0.05) is 36.8 Å². The quantitative estimate of drug-likeness (QED) is 0.860. The normalized spacial score (nSPS) is 12.6. The second kappa shape index (κ2) is 6.53. The van der Waals surface area contributed by atoms with Crippen LogP contribution in [-0.2, 0) is 6.54 Å². The van der Waals surface area contributed by atoms with Gasteiger partial charge in [0.1, 0.15) is 5.82 Å². The lowest BCUT2D eigenvalue weighted by Gasteiger charge is -2.20. The molecule has 0 radical (unpaired) electrons. The monoisotopic (exact) mass is 257 g/mol. The van der Waals surface area contributed by atoms with Crippen molar-refractivity contribution < 1.29 is 0 Å². The summed E-state index contributed by atoms with van der Waals surface area (Å²) in [6.07, 6.45) is 5.05. The summed E-state index contributed by atoms with van der Waals surface area (Å²) in [6.45, 7) is 8.40. The first kappa shape index (κ1) is 13.8. The summed E-state index contributed by atoms with van der Waals surface area (Å²) < 4.78 is 2.20. The number of nitrogens with one attached hydrogen (secondary N) is 1. The number of rotatable bonds is 6. The maximum Gasteiger partial charge on any atom is 0.130 e. The molecule has 1 aromatic carbocycles. The minimum absolute atomic E-state index is 0.176. The summed E-state index contributed by atoms with van der Waals surface area (Å²) in [6, 6.07) is 8.88. The Bertz CT molecular complexity index is 499. The van der Waals surface area contributed by atoms with Gasteiger partial charge in [-0.05, 0) is 32.4 Å². The van der Waals surface area contributed by atoms with Gasteiger partial charge in [-0.25, -0.2) is 4.98 Å². The van der Waals surface area contributed by atoms with Crippen LogP contribution in [0.15, 0.2) is 36.7 Å². The zero-order valence-corrected chi connectivity index (χ0v) is 12.1. The first-order valence-electron chi connectivity index (χ1n) is 7.07. The fourth-order valence-corrected chi connectivity index (χ4v) is 2.25. The lowest BCUT2D eigenvalue weighted by molar-refractivity contribution is 0.541. The molecule has 1 atom stereocenters. The summed E-state index contributed by atoms with van der Waals surface area (Å²) in [4.78, 5) is 4.54. The molecule has 0 bridgehead atoms. The van der Waals surface area contributed by atoms with E-state index in [1.54, 1.807) is 0 Å². The van der Waals surface area contributed by atoms with Gasteiger partial charge in [-0.15, -0.1) is 0 Å². The Morgan fingerprint density at radius 1 is 1.21 bits per heavy atom. The highest BCUT2D eigenvalue weighted by Gasteiger charge is 2.17. The van der Waals surface area contributed by atoms with Crippen molar-refractivity contribution >= 4 is 0 Å². The van der Waals surface area contributed by atoms with Crippen molar-refractivity contribution in [2.45, 2.75) is 39.8 Å². The molecule has 0 aliphatic heterocycles. The maximum absolute atomic E-state index is 4.54. The van der Waals surface area contributed by atoms with Crippen molar-refractivity contribution in [2.75, 3.05) is 6.54 Å². The zero-order chi connectivity index (χ0) is 13.7. The van der Waals surface area contributed by atoms with Crippen LogP contribution in [-0.4, -0.2) is 16.1 Å². The Morgan fingerprint density at radius 3 is 2.58 bits per heavy atom. The lowest BCUT2D eigenvalue weighted by Crippen LogP contribution is -2.26. The van der Waals surface area contributed by atoms with Crippen molar-refractivity contribution in [3.63, 3.8) is 0 Å². The summed E-state index contributed by atoms with van der Waals surface area (Å²) in [7, 11) is 0. The van der Waals surface area contributed by atoms with Gasteiger partial charge in [0.2, 0.25) is 0 Å². The Labute approximate surface area is 115 Å². The molecule has 1 aromatic heterocycles. The molecular weight excluding hydrogens is 234 g/mol. The largest absolute Gasteiger partial charge is 0.334 e. The van der Waals surface area contributed by atoms with Crippen molar-refractivity contribution in [2.24, 2.45) is 0 Å². The summed E-state index contributed by atoms with van der Waals surface area (Å²) in [5.41, 5.74) is 2.57. The second-order valence-electron chi connectivity index (χ2n) is 4.87. The highest BCUT2D eigenvalue weighted by molar-refractivity contribution is 5.28. The molecule has 102 valence electrons. The van der Waals surface area contributed by atoms with Crippen molar-refractivity contribution in [3.8, 4) is 0 Å². The molecular formula is C16H23N3. The van der Waals surface area contributed by atoms with Gasteiger partial charge < -0.3 is 9.88 Å². The molecule has 0 saturated heterocycles. The van der Waals surface area contributed by atoms with Gasteiger partial charge in [-0.2, -0.15) is 0 Å². The number of aromatic nitrogens is 2. The van der Waals surface area contributed by atoms with E-state index in [1.807, 2.05) is 12.4 Å². The average molecular weight is 257 g/mol. The molecule has 19 heavy (non-hydrogen) atoms. The van der Waals surface area contributed by atoms with Gasteiger partial charge in [-0.3, -0.25) is 0 Å². The number of hydrogen-bond acceptors (Lipinski definition) is 2. The molecule has 0 aliphatic carbocycles. The van der Waals surface area contributed by atoms with E-state index in [4.69, 9.17) is 0 Å². The van der Waals surface area contributed by atoms with E-state index < -0.39 is 0 Å². The van der Waals surface area contributed by atoms with E-state index >= 15 is 0 Å². The molecule has 0 saturated carbocycles. The number of benzene rings is 1. The average Bonchev–Trinajstić information content (AvgIpc) is 2.89. The van der Waals surface area contributed by atoms with Gasteiger partial charge in [0.25, 0.3) is 0 Å². The minimum Gasteiger partial charge on any atom is -0.334 e. The van der Waals surface area contributed by atoms with E-state index in [1.165, 1.54) is 11.1 Å². The SMILES string of the molecule is CCCNC(c1ccc(C)cc1)c1nccn1CC. The number of imidazole rings is 1. The molecule has 1 heterocycles. The van der Waals surface area contributed by atoms with E-state index in [2.05, 4.69) is 59.9 Å². The molecule has 0 aliphatic rings. The Balaban J connectivity index is 2.32. The van der Waals surface area contributed by atoms with E-state index in [0.29, 0.717) is 0 Å². The maximum atomic E-state index is 4.54. The number of nitrogens with zero attached hydrogens (tertiary/aromatic N) is 2. The highest BCUT2D eigenvalue weighted by atomic mass is 15.1. The Hall–Kier alpha value is -1.61. The van der Waals surface area contributed by atoms with Crippen molar-refractivity contribution in [1.82, 2.24) is 14.9 Å². The Kier molecular flexibility index (Phi) is 4.74. The molecule has 3 heteroatoms. The van der Waals surface area contributed by atoms with Gasteiger partial charge >= 0.3 is 0 Å². The summed E-state index contributed by atoms with van der Waals surface area (Å²) >= 11 is 0. The van der Waals surface area contributed by atoms with E-state index in [0.717, 1.165) is 25.3 Å². The van der Waals surface area contributed by atoms with Crippen LogP contribution in [0.1, 0.15) is 43.3 Å². The molecule has 0 spiro atoms. The predicted molar refractivity (Wildman–Crippen MR) is 79.2 cm³/mol. The summed E-state index contributed by atoms with van der Waals surface area (Å²) in [5.74, 6) is 1.10. The molecule has 2 aromatic rings. The zero-order valence-electron chi connectivity index (χ0n) is 12.1. The van der Waals surface area contributed by atoms with E-state index in [9.17, 15) is 0 Å². The topological polar surface area (TPSA) is 29.9 Å². The smallest absolute Gasteiger partial charge is 0.130 e. The van der Waals surface area contributed by atoms with Crippen LogP contribution in [0.5, 0.6) is 0 Å². The molecule has 0 fully saturated rings. The van der Waals surface area contributed by atoms with E-state index in [-0.39, 0.29) is 6.04 Å². The third kappa shape index (κ3) is 3.24. The van der Waals surface area contributed by atoms with Gasteiger partial charge in [0, 0.05) is 18.9 Å². The van der Waals surface area contributed by atoms with Crippen LogP contribution in [0, 0.1) is 6.92 Å².